The van der Waals surface area contributed by atoms with Crippen molar-refractivity contribution in [2.45, 2.75) is 70.8 Å². The van der Waals surface area contributed by atoms with Crippen molar-refractivity contribution in [3.05, 3.63) is 41.5 Å². The summed E-state index contributed by atoms with van der Waals surface area (Å²) in [7, 11) is 0. The summed E-state index contributed by atoms with van der Waals surface area (Å²) >= 11 is 0. The molecule has 26 heavy (non-hydrogen) atoms. The van der Waals surface area contributed by atoms with E-state index < -0.39 is 5.97 Å². The van der Waals surface area contributed by atoms with Gasteiger partial charge in [0.15, 0.2) is 0 Å². The molecule has 0 aliphatic heterocycles. The number of carboxylic acid groups (broad SMARTS) is 1. The SMILES string of the molecule is CCCCCCC1CCC(OC(=O)c2ccc(C=CC(=O)O)cc2)CC1. The van der Waals surface area contributed by atoms with E-state index in [-0.39, 0.29) is 12.1 Å². The Bertz CT molecular complexity index is 595. The quantitative estimate of drug-likeness (QED) is 0.361. The van der Waals surface area contributed by atoms with Gasteiger partial charge in [-0.3, -0.25) is 0 Å². The van der Waals surface area contributed by atoms with Crippen LogP contribution in [0.5, 0.6) is 0 Å². The van der Waals surface area contributed by atoms with E-state index in [1.807, 2.05) is 0 Å². The molecule has 1 fully saturated rings. The average molecular weight is 358 g/mol. The van der Waals surface area contributed by atoms with Crippen LogP contribution in [0.4, 0.5) is 0 Å². The van der Waals surface area contributed by atoms with Crippen molar-refractivity contribution in [2.75, 3.05) is 0 Å². The van der Waals surface area contributed by atoms with Crippen LogP contribution >= 0.6 is 0 Å². The van der Waals surface area contributed by atoms with Gasteiger partial charge in [0, 0.05) is 6.08 Å². The molecule has 1 aliphatic carbocycles. The van der Waals surface area contributed by atoms with Crippen LogP contribution in [-0.4, -0.2) is 23.1 Å². The number of ether oxygens (including phenoxy) is 1. The molecule has 0 heterocycles. The van der Waals surface area contributed by atoms with Crippen molar-refractivity contribution in [2.24, 2.45) is 5.92 Å². The van der Waals surface area contributed by atoms with Gasteiger partial charge in [-0.15, -0.1) is 0 Å². The molecular formula is C22H30O4. The molecule has 1 aliphatic rings. The van der Waals surface area contributed by atoms with Gasteiger partial charge in [-0.05, 0) is 55.4 Å². The fourth-order valence-corrected chi connectivity index (χ4v) is 3.52. The van der Waals surface area contributed by atoms with Crippen LogP contribution in [0, 0.1) is 5.92 Å². The van der Waals surface area contributed by atoms with Crippen molar-refractivity contribution < 1.29 is 19.4 Å². The minimum absolute atomic E-state index is 0.0287. The first-order valence-electron chi connectivity index (χ1n) is 9.80. The molecule has 4 heteroatoms. The Kier molecular flexibility index (Phi) is 8.39. The molecule has 0 radical (unpaired) electrons. The van der Waals surface area contributed by atoms with E-state index in [1.165, 1.54) is 38.2 Å². The van der Waals surface area contributed by atoms with Crippen LogP contribution in [0.3, 0.4) is 0 Å². The zero-order chi connectivity index (χ0) is 18.8. The van der Waals surface area contributed by atoms with Gasteiger partial charge in [0.1, 0.15) is 6.10 Å². The summed E-state index contributed by atoms with van der Waals surface area (Å²) in [5.74, 6) is -0.485. The topological polar surface area (TPSA) is 63.6 Å². The summed E-state index contributed by atoms with van der Waals surface area (Å²) in [5.41, 5.74) is 1.26. The molecule has 0 bridgehead atoms. The van der Waals surface area contributed by atoms with Gasteiger partial charge in [-0.25, -0.2) is 9.59 Å². The molecule has 0 saturated heterocycles. The minimum atomic E-state index is -0.991. The first-order chi connectivity index (χ1) is 12.6. The maximum Gasteiger partial charge on any atom is 0.338 e. The summed E-state index contributed by atoms with van der Waals surface area (Å²) < 4.78 is 5.66. The van der Waals surface area contributed by atoms with E-state index in [4.69, 9.17) is 9.84 Å². The second-order valence-corrected chi connectivity index (χ2v) is 7.19. The van der Waals surface area contributed by atoms with Crippen LogP contribution in [0.15, 0.2) is 30.3 Å². The molecule has 2 rings (SSSR count). The van der Waals surface area contributed by atoms with Crippen molar-refractivity contribution in [1.29, 1.82) is 0 Å². The third kappa shape index (κ3) is 7.03. The highest BCUT2D eigenvalue weighted by Crippen LogP contribution is 2.30. The summed E-state index contributed by atoms with van der Waals surface area (Å²) in [6, 6.07) is 6.82. The number of hydrogen-bond acceptors (Lipinski definition) is 3. The molecule has 4 nitrogen and oxygen atoms in total. The average Bonchev–Trinajstić information content (AvgIpc) is 2.65. The molecule has 0 spiro atoms. The zero-order valence-corrected chi connectivity index (χ0v) is 15.7. The lowest BCUT2D eigenvalue weighted by atomic mass is 9.84. The van der Waals surface area contributed by atoms with Gasteiger partial charge >= 0.3 is 11.9 Å². The molecule has 1 aromatic carbocycles. The molecule has 1 saturated carbocycles. The summed E-state index contributed by atoms with van der Waals surface area (Å²) in [5, 5.41) is 8.63. The molecule has 1 N–H and O–H groups in total. The summed E-state index contributed by atoms with van der Waals surface area (Å²) in [6.07, 6.45) is 13.4. The van der Waals surface area contributed by atoms with Crippen molar-refractivity contribution in [1.82, 2.24) is 0 Å². The Morgan fingerprint density at radius 2 is 1.77 bits per heavy atom. The van der Waals surface area contributed by atoms with Crippen LogP contribution in [-0.2, 0) is 9.53 Å². The Balaban J connectivity index is 1.74. The molecule has 1 aromatic rings. The number of aliphatic carboxylic acids is 1. The first kappa shape index (κ1) is 20.2. The number of unbranched alkanes of at least 4 members (excludes halogenated alkanes) is 3. The molecule has 0 unspecified atom stereocenters. The second kappa shape index (κ2) is 10.8. The van der Waals surface area contributed by atoms with Gasteiger partial charge in [0.2, 0.25) is 0 Å². The number of carbonyl (C=O) groups excluding carboxylic acids is 1. The number of esters is 1. The van der Waals surface area contributed by atoms with Gasteiger partial charge in [0.25, 0.3) is 0 Å². The van der Waals surface area contributed by atoms with E-state index in [0.29, 0.717) is 5.56 Å². The van der Waals surface area contributed by atoms with Crippen LogP contribution in [0.25, 0.3) is 6.08 Å². The lowest BCUT2D eigenvalue weighted by Gasteiger charge is -2.28. The Hall–Kier alpha value is -2.10. The Morgan fingerprint density at radius 3 is 2.38 bits per heavy atom. The van der Waals surface area contributed by atoms with Crippen LogP contribution < -0.4 is 0 Å². The van der Waals surface area contributed by atoms with Gasteiger partial charge < -0.3 is 9.84 Å². The normalized spacial score (nSPS) is 20.2. The van der Waals surface area contributed by atoms with Gasteiger partial charge in [-0.2, -0.15) is 0 Å². The highest BCUT2D eigenvalue weighted by atomic mass is 16.5. The van der Waals surface area contributed by atoms with Gasteiger partial charge in [0.05, 0.1) is 5.56 Å². The monoisotopic (exact) mass is 358 g/mol. The standard InChI is InChI=1S/C22H30O4/c1-2-3-4-5-6-17-9-14-20(15-10-17)26-22(25)19-12-7-18(8-13-19)11-16-21(23)24/h7-8,11-13,16-17,20H,2-6,9-10,14-15H2,1H3,(H,23,24). The fraction of sp³-hybridized carbons (Fsp3) is 0.545. The highest BCUT2D eigenvalue weighted by Gasteiger charge is 2.24. The van der Waals surface area contributed by atoms with E-state index in [1.54, 1.807) is 24.3 Å². The summed E-state index contributed by atoms with van der Waals surface area (Å²) in [4.78, 5) is 22.8. The lowest BCUT2D eigenvalue weighted by Crippen LogP contribution is -2.24. The van der Waals surface area contributed by atoms with Crippen molar-refractivity contribution >= 4 is 18.0 Å². The van der Waals surface area contributed by atoms with E-state index in [9.17, 15) is 9.59 Å². The molecular weight excluding hydrogens is 328 g/mol. The number of benzene rings is 1. The molecule has 142 valence electrons. The Morgan fingerprint density at radius 1 is 1.08 bits per heavy atom. The van der Waals surface area contributed by atoms with E-state index in [0.717, 1.165) is 43.2 Å². The van der Waals surface area contributed by atoms with E-state index >= 15 is 0 Å². The molecule has 0 atom stereocenters. The number of hydrogen-bond donors (Lipinski definition) is 1. The molecule has 0 amide bonds. The van der Waals surface area contributed by atoms with Crippen LogP contribution in [0.2, 0.25) is 0 Å². The first-order valence-corrected chi connectivity index (χ1v) is 9.80. The molecule has 0 aromatic heterocycles. The third-order valence-electron chi connectivity index (χ3n) is 5.10. The van der Waals surface area contributed by atoms with Gasteiger partial charge in [-0.1, -0.05) is 51.2 Å². The van der Waals surface area contributed by atoms with E-state index in [2.05, 4.69) is 6.92 Å². The number of carboxylic acids is 1. The zero-order valence-electron chi connectivity index (χ0n) is 15.7. The largest absolute Gasteiger partial charge is 0.478 e. The van der Waals surface area contributed by atoms with Crippen molar-refractivity contribution in [3.63, 3.8) is 0 Å². The fourth-order valence-electron chi connectivity index (χ4n) is 3.52. The summed E-state index contributed by atoms with van der Waals surface area (Å²) in [6.45, 7) is 2.24. The maximum absolute atomic E-state index is 12.3. The predicted octanol–water partition coefficient (Wildman–Crippen LogP) is 5.47. The number of rotatable bonds is 9. The smallest absolute Gasteiger partial charge is 0.338 e. The maximum atomic E-state index is 12.3. The highest BCUT2D eigenvalue weighted by molar-refractivity contribution is 5.90. The lowest BCUT2D eigenvalue weighted by molar-refractivity contribution is -0.131. The number of carbonyl (C=O) groups is 2. The minimum Gasteiger partial charge on any atom is -0.478 e. The van der Waals surface area contributed by atoms with Crippen molar-refractivity contribution in [3.8, 4) is 0 Å². The predicted molar refractivity (Wildman–Crippen MR) is 103 cm³/mol. The van der Waals surface area contributed by atoms with Crippen LogP contribution in [0.1, 0.15) is 80.6 Å². The second-order valence-electron chi connectivity index (χ2n) is 7.19. The third-order valence-corrected chi connectivity index (χ3v) is 5.10. The Labute approximate surface area is 156 Å².